The number of aromatic nitrogens is 3. The average molecular weight is 271 g/mol. The van der Waals surface area contributed by atoms with Crippen molar-refractivity contribution in [2.75, 3.05) is 19.6 Å². The van der Waals surface area contributed by atoms with E-state index < -0.39 is 0 Å². The van der Waals surface area contributed by atoms with E-state index in [1.165, 1.54) is 19.5 Å². The largest absolute Gasteiger partial charge is 0.347 e. The maximum atomic E-state index is 12.3. The lowest BCUT2D eigenvalue weighted by molar-refractivity contribution is 0.0904. The van der Waals surface area contributed by atoms with Crippen molar-refractivity contribution in [3.8, 4) is 0 Å². The predicted octanol–water partition coefficient (Wildman–Crippen LogP) is 0.553. The summed E-state index contributed by atoms with van der Waals surface area (Å²) in [5, 5.41) is 3.12. The summed E-state index contributed by atoms with van der Waals surface area (Å²) in [6.45, 7) is 3.34. The van der Waals surface area contributed by atoms with E-state index >= 15 is 0 Å². The minimum absolute atomic E-state index is 0.0897. The third kappa shape index (κ3) is 2.06. The summed E-state index contributed by atoms with van der Waals surface area (Å²) in [6, 6.07) is 0.254. The lowest BCUT2D eigenvalue weighted by atomic mass is 9.97. The van der Waals surface area contributed by atoms with E-state index in [0.29, 0.717) is 5.69 Å². The Morgan fingerprint density at radius 2 is 2.30 bits per heavy atom. The second-order valence-electron chi connectivity index (χ2n) is 5.79. The molecular weight excluding hydrogens is 254 g/mol. The summed E-state index contributed by atoms with van der Waals surface area (Å²) in [5.74, 6) is 0.659. The highest BCUT2D eigenvalue weighted by atomic mass is 16.2. The molecule has 1 amide bonds. The van der Waals surface area contributed by atoms with Crippen LogP contribution in [0.25, 0.3) is 5.65 Å². The third-order valence-electron chi connectivity index (χ3n) is 4.31. The van der Waals surface area contributed by atoms with Crippen LogP contribution in [0.5, 0.6) is 0 Å². The third-order valence-corrected chi connectivity index (χ3v) is 4.31. The van der Waals surface area contributed by atoms with Gasteiger partial charge in [-0.25, -0.2) is 9.97 Å². The van der Waals surface area contributed by atoms with Gasteiger partial charge in [0.25, 0.3) is 5.91 Å². The van der Waals surface area contributed by atoms with Crippen molar-refractivity contribution in [2.45, 2.75) is 18.9 Å². The quantitative estimate of drug-likeness (QED) is 0.866. The molecule has 0 aliphatic carbocycles. The van der Waals surface area contributed by atoms with E-state index in [1.807, 2.05) is 10.6 Å². The van der Waals surface area contributed by atoms with Crippen molar-refractivity contribution in [1.82, 2.24) is 24.6 Å². The number of nitrogens with one attached hydrogen (secondary N) is 1. The number of fused-ring (bicyclic) bond motifs is 3. The zero-order chi connectivity index (χ0) is 13.5. The Balaban J connectivity index is 1.49. The molecule has 2 aromatic heterocycles. The summed E-state index contributed by atoms with van der Waals surface area (Å²) < 4.78 is 1.82. The van der Waals surface area contributed by atoms with Crippen LogP contribution in [0, 0.1) is 5.92 Å². The summed E-state index contributed by atoms with van der Waals surface area (Å²) in [7, 11) is 0. The first-order valence-corrected chi connectivity index (χ1v) is 7.10. The van der Waals surface area contributed by atoms with Crippen LogP contribution in [0.2, 0.25) is 0 Å². The molecule has 0 saturated carbocycles. The SMILES string of the molecule is O=C(N[C@@H]1C[C@H]2CCN(C2)C1)c1cn2ccnc2cn1. The van der Waals surface area contributed by atoms with Crippen molar-refractivity contribution < 1.29 is 4.79 Å². The zero-order valence-corrected chi connectivity index (χ0v) is 11.2. The Kier molecular flexibility index (Phi) is 2.70. The van der Waals surface area contributed by atoms with E-state index in [1.54, 1.807) is 18.6 Å². The molecule has 6 heteroatoms. The highest BCUT2D eigenvalue weighted by Gasteiger charge is 2.33. The van der Waals surface area contributed by atoms with E-state index in [4.69, 9.17) is 0 Å². The number of carbonyl (C=O) groups excluding carboxylic acids is 1. The molecule has 0 spiro atoms. The van der Waals surface area contributed by atoms with Crippen LogP contribution < -0.4 is 5.32 Å². The molecule has 2 aromatic rings. The van der Waals surface area contributed by atoms with Crippen LogP contribution in [0.15, 0.2) is 24.8 Å². The number of piperidine rings is 1. The minimum Gasteiger partial charge on any atom is -0.347 e. The Labute approximate surface area is 116 Å². The maximum Gasteiger partial charge on any atom is 0.271 e. The molecule has 104 valence electrons. The molecule has 2 bridgehead atoms. The monoisotopic (exact) mass is 271 g/mol. The summed E-state index contributed by atoms with van der Waals surface area (Å²) in [5.41, 5.74) is 1.20. The first-order chi connectivity index (χ1) is 9.78. The highest BCUT2D eigenvalue weighted by molar-refractivity contribution is 5.92. The molecular formula is C14H17N5O. The van der Waals surface area contributed by atoms with Gasteiger partial charge in [-0.1, -0.05) is 0 Å². The van der Waals surface area contributed by atoms with Crippen LogP contribution in [0.1, 0.15) is 23.3 Å². The highest BCUT2D eigenvalue weighted by Crippen LogP contribution is 2.26. The smallest absolute Gasteiger partial charge is 0.271 e. The topological polar surface area (TPSA) is 62.5 Å². The molecule has 2 fully saturated rings. The van der Waals surface area contributed by atoms with Gasteiger partial charge in [-0.05, 0) is 25.3 Å². The number of hydrogen-bond acceptors (Lipinski definition) is 4. The molecule has 4 rings (SSSR count). The van der Waals surface area contributed by atoms with Gasteiger partial charge in [-0.2, -0.15) is 0 Å². The number of amides is 1. The van der Waals surface area contributed by atoms with Gasteiger partial charge < -0.3 is 14.6 Å². The Bertz CT molecular complexity index is 640. The number of carbonyl (C=O) groups is 1. The van der Waals surface area contributed by atoms with Gasteiger partial charge in [0.05, 0.1) is 6.20 Å². The molecule has 20 heavy (non-hydrogen) atoms. The molecule has 0 radical (unpaired) electrons. The van der Waals surface area contributed by atoms with Crippen molar-refractivity contribution in [3.63, 3.8) is 0 Å². The van der Waals surface area contributed by atoms with Gasteiger partial charge in [-0.15, -0.1) is 0 Å². The fourth-order valence-corrected chi connectivity index (χ4v) is 3.37. The predicted molar refractivity (Wildman–Crippen MR) is 73.4 cm³/mol. The van der Waals surface area contributed by atoms with Crippen LogP contribution in [-0.4, -0.2) is 50.9 Å². The lowest BCUT2D eigenvalue weighted by Gasteiger charge is -2.30. The first kappa shape index (κ1) is 11.8. The van der Waals surface area contributed by atoms with Crippen molar-refractivity contribution in [2.24, 2.45) is 5.92 Å². The van der Waals surface area contributed by atoms with Gasteiger partial charge in [0.15, 0.2) is 5.65 Å². The number of imidazole rings is 1. The van der Waals surface area contributed by atoms with Crippen LogP contribution in [0.4, 0.5) is 0 Å². The van der Waals surface area contributed by atoms with E-state index in [0.717, 1.165) is 24.5 Å². The van der Waals surface area contributed by atoms with Crippen molar-refractivity contribution >= 4 is 11.6 Å². The lowest BCUT2D eigenvalue weighted by Crippen LogP contribution is -2.47. The molecule has 1 N–H and O–H groups in total. The Morgan fingerprint density at radius 1 is 1.35 bits per heavy atom. The number of rotatable bonds is 2. The molecule has 2 aliphatic heterocycles. The molecule has 3 atom stereocenters. The maximum absolute atomic E-state index is 12.3. The van der Waals surface area contributed by atoms with E-state index in [-0.39, 0.29) is 11.9 Å². The molecule has 0 aromatic carbocycles. The summed E-state index contributed by atoms with van der Waals surface area (Å²) in [6.07, 6.45) is 9.24. The van der Waals surface area contributed by atoms with Gasteiger partial charge in [0, 0.05) is 37.7 Å². The van der Waals surface area contributed by atoms with Gasteiger partial charge in [-0.3, -0.25) is 4.79 Å². The minimum atomic E-state index is -0.0897. The van der Waals surface area contributed by atoms with Gasteiger partial charge >= 0.3 is 0 Å². The Hall–Kier alpha value is -1.95. The van der Waals surface area contributed by atoms with Crippen molar-refractivity contribution in [3.05, 3.63) is 30.5 Å². The van der Waals surface area contributed by atoms with Crippen molar-refractivity contribution in [1.29, 1.82) is 0 Å². The van der Waals surface area contributed by atoms with Gasteiger partial charge in [0.1, 0.15) is 5.69 Å². The fourth-order valence-electron chi connectivity index (χ4n) is 3.37. The number of hydrogen-bond donors (Lipinski definition) is 1. The van der Waals surface area contributed by atoms with E-state index in [9.17, 15) is 4.79 Å². The zero-order valence-electron chi connectivity index (χ0n) is 11.2. The average Bonchev–Trinajstić information content (AvgIpc) is 3.04. The molecule has 6 nitrogen and oxygen atoms in total. The number of nitrogens with zero attached hydrogens (tertiary/aromatic N) is 4. The molecule has 4 heterocycles. The normalized spacial score (nSPS) is 28.7. The summed E-state index contributed by atoms with van der Waals surface area (Å²) in [4.78, 5) is 23.0. The molecule has 2 aliphatic rings. The summed E-state index contributed by atoms with van der Waals surface area (Å²) >= 11 is 0. The van der Waals surface area contributed by atoms with Gasteiger partial charge in [0.2, 0.25) is 0 Å². The van der Waals surface area contributed by atoms with Crippen LogP contribution >= 0.6 is 0 Å². The van der Waals surface area contributed by atoms with Crippen LogP contribution in [0.3, 0.4) is 0 Å². The first-order valence-electron chi connectivity index (χ1n) is 7.10. The second kappa shape index (κ2) is 4.56. The van der Waals surface area contributed by atoms with Crippen LogP contribution in [-0.2, 0) is 0 Å². The van der Waals surface area contributed by atoms with E-state index in [2.05, 4.69) is 20.2 Å². The Morgan fingerprint density at radius 3 is 3.20 bits per heavy atom. The fraction of sp³-hybridized carbons (Fsp3) is 0.500. The molecule has 1 unspecified atom stereocenters. The molecule has 2 saturated heterocycles. The standard InChI is InChI=1S/C14H17N5O/c20-14(12-9-19-4-2-15-13(19)6-16-12)17-11-5-10-1-3-18(7-10)8-11/h2,4,6,9-11H,1,3,5,7-8H2,(H,17,20)/t10-,11-/m1/s1. The second-order valence-corrected chi connectivity index (χ2v) is 5.79.